The van der Waals surface area contributed by atoms with Crippen molar-refractivity contribution in [3.05, 3.63) is 65.7 Å². The standard InChI is InChI=1S/C23H28FN3O/c1-2-3-4-5-8-17-27-21-10-7-6-9-20(21)26-22(27)15-16-25-23(28)18-11-13-19(24)14-12-18/h6-7,9-14H,2-5,8,15-17H2,1H3,(H,25,28). The first kappa shape index (κ1) is 20.1. The van der Waals surface area contributed by atoms with E-state index in [-0.39, 0.29) is 11.7 Å². The lowest BCUT2D eigenvalue weighted by atomic mass is 10.1. The predicted molar refractivity (Wildman–Crippen MR) is 111 cm³/mol. The number of amides is 1. The Hall–Kier alpha value is -2.69. The van der Waals surface area contributed by atoms with Crippen molar-refractivity contribution in [2.75, 3.05) is 6.54 Å². The molecule has 0 spiro atoms. The molecule has 1 heterocycles. The topological polar surface area (TPSA) is 46.9 Å². The number of nitrogens with one attached hydrogen (secondary N) is 1. The normalized spacial score (nSPS) is 11.1. The fraction of sp³-hybridized carbons (Fsp3) is 0.391. The van der Waals surface area contributed by atoms with E-state index in [1.165, 1.54) is 49.9 Å². The second kappa shape index (κ2) is 10.0. The zero-order chi connectivity index (χ0) is 19.8. The van der Waals surface area contributed by atoms with Crippen LogP contribution in [0.4, 0.5) is 4.39 Å². The number of fused-ring (bicyclic) bond motifs is 1. The number of imidazole rings is 1. The Morgan fingerprint density at radius 2 is 1.79 bits per heavy atom. The monoisotopic (exact) mass is 381 g/mol. The van der Waals surface area contributed by atoms with E-state index < -0.39 is 0 Å². The molecule has 0 bridgehead atoms. The van der Waals surface area contributed by atoms with Crippen LogP contribution in [0.15, 0.2) is 48.5 Å². The van der Waals surface area contributed by atoms with Crippen molar-refractivity contribution in [1.29, 1.82) is 0 Å². The average molecular weight is 381 g/mol. The first-order chi connectivity index (χ1) is 13.7. The summed E-state index contributed by atoms with van der Waals surface area (Å²) in [4.78, 5) is 17.0. The number of aromatic nitrogens is 2. The minimum absolute atomic E-state index is 0.192. The number of rotatable bonds is 10. The van der Waals surface area contributed by atoms with Crippen LogP contribution >= 0.6 is 0 Å². The molecule has 1 aromatic heterocycles. The molecule has 0 aliphatic carbocycles. The van der Waals surface area contributed by atoms with Crippen LogP contribution in [0.1, 0.15) is 55.2 Å². The fourth-order valence-electron chi connectivity index (χ4n) is 3.43. The SMILES string of the molecule is CCCCCCCn1c(CCNC(=O)c2ccc(F)cc2)nc2ccccc21. The molecule has 0 fully saturated rings. The summed E-state index contributed by atoms with van der Waals surface area (Å²) >= 11 is 0. The minimum atomic E-state index is -0.343. The molecular formula is C23H28FN3O. The molecule has 0 saturated heterocycles. The maximum Gasteiger partial charge on any atom is 0.251 e. The number of para-hydroxylation sites is 2. The Morgan fingerprint density at radius 3 is 2.57 bits per heavy atom. The first-order valence-corrected chi connectivity index (χ1v) is 10.2. The molecule has 0 saturated carbocycles. The van der Waals surface area contributed by atoms with Gasteiger partial charge in [-0.05, 0) is 42.8 Å². The van der Waals surface area contributed by atoms with E-state index in [0.29, 0.717) is 18.5 Å². The van der Waals surface area contributed by atoms with Gasteiger partial charge in [-0.25, -0.2) is 9.37 Å². The Kier molecular flexibility index (Phi) is 7.18. The lowest BCUT2D eigenvalue weighted by molar-refractivity contribution is 0.0954. The first-order valence-electron chi connectivity index (χ1n) is 10.2. The average Bonchev–Trinajstić information content (AvgIpc) is 3.06. The van der Waals surface area contributed by atoms with Crippen molar-refractivity contribution < 1.29 is 9.18 Å². The quantitative estimate of drug-likeness (QED) is 0.496. The summed E-state index contributed by atoms with van der Waals surface area (Å²) in [5.41, 5.74) is 2.61. The molecule has 3 aromatic rings. The van der Waals surface area contributed by atoms with Crippen molar-refractivity contribution in [2.24, 2.45) is 0 Å². The second-order valence-corrected chi connectivity index (χ2v) is 7.10. The summed E-state index contributed by atoms with van der Waals surface area (Å²) in [7, 11) is 0. The maximum absolute atomic E-state index is 13.0. The summed E-state index contributed by atoms with van der Waals surface area (Å²) in [6.07, 6.45) is 6.82. The molecule has 2 aromatic carbocycles. The smallest absolute Gasteiger partial charge is 0.251 e. The molecular weight excluding hydrogens is 353 g/mol. The lowest BCUT2D eigenvalue weighted by Crippen LogP contribution is -2.26. The van der Waals surface area contributed by atoms with Crippen LogP contribution < -0.4 is 5.32 Å². The number of benzene rings is 2. The summed E-state index contributed by atoms with van der Waals surface area (Å²) in [5.74, 6) is 0.461. The van der Waals surface area contributed by atoms with Crippen LogP contribution in [-0.2, 0) is 13.0 Å². The van der Waals surface area contributed by atoms with Crippen LogP contribution in [0.5, 0.6) is 0 Å². The largest absolute Gasteiger partial charge is 0.352 e. The van der Waals surface area contributed by atoms with Crippen LogP contribution in [-0.4, -0.2) is 22.0 Å². The van der Waals surface area contributed by atoms with Gasteiger partial charge in [-0.15, -0.1) is 0 Å². The maximum atomic E-state index is 13.0. The molecule has 0 aliphatic heterocycles. The van der Waals surface area contributed by atoms with Gasteiger partial charge in [-0.3, -0.25) is 4.79 Å². The van der Waals surface area contributed by atoms with Crippen LogP contribution in [0, 0.1) is 5.82 Å². The van der Waals surface area contributed by atoms with Gasteiger partial charge in [-0.2, -0.15) is 0 Å². The van der Waals surface area contributed by atoms with E-state index >= 15 is 0 Å². The van der Waals surface area contributed by atoms with Gasteiger partial charge >= 0.3 is 0 Å². The van der Waals surface area contributed by atoms with Crippen molar-refractivity contribution in [3.8, 4) is 0 Å². The molecule has 3 rings (SSSR count). The van der Waals surface area contributed by atoms with Gasteiger partial charge in [-0.1, -0.05) is 44.7 Å². The Labute approximate surface area is 165 Å². The van der Waals surface area contributed by atoms with E-state index in [1.807, 2.05) is 18.2 Å². The van der Waals surface area contributed by atoms with Crippen molar-refractivity contribution >= 4 is 16.9 Å². The van der Waals surface area contributed by atoms with Gasteiger partial charge in [0.2, 0.25) is 0 Å². The fourth-order valence-corrected chi connectivity index (χ4v) is 3.43. The molecule has 0 radical (unpaired) electrons. The molecule has 0 aliphatic rings. The third-order valence-electron chi connectivity index (χ3n) is 4.96. The van der Waals surface area contributed by atoms with E-state index in [9.17, 15) is 9.18 Å². The lowest BCUT2D eigenvalue weighted by Gasteiger charge is -2.10. The number of nitrogens with zero attached hydrogens (tertiary/aromatic N) is 2. The zero-order valence-electron chi connectivity index (χ0n) is 16.5. The van der Waals surface area contributed by atoms with Crippen LogP contribution in [0.2, 0.25) is 0 Å². The number of unbranched alkanes of at least 4 members (excludes halogenated alkanes) is 4. The summed E-state index contributed by atoms with van der Waals surface area (Å²) < 4.78 is 15.3. The van der Waals surface area contributed by atoms with Gasteiger partial charge in [0.1, 0.15) is 11.6 Å². The van der Waals surface area contributed by atoms with Gasteiger partial charge < -0.3 is 9.88 Å². The van der Waals surface area contributed by atoms with Gasteiger partial charge in [0.15, 0.2) is 0 Å². The van der Waals surface area contributed by atoms with Crippen molar-refractivity contribution in [3.63, 3.8) is 0 Å². The molecule has 5 heteroatoms. The molecule has 1 amide bonds. The highest BCUT2D eigenvalue weighted by Crippen LogP contribution is 2.18. The third kappa shape index (κ3) is 5.18. The predicted octanol–water partition coefficient (Wildman–Crippen LogP) is 5.12. The molecule has 148 valence electrons. The van der Waals surface area contributed by atoms with Crippen LogP contribution in [0.25, 0.3) is 11.0 Å². The Morgan fingerprint density at radius 1 is 1.04 bits per heavy atom. The highest BCUT2D eigenvalue weighted by atomic mass is 19.1. The Balaban J connectivity index is 1.62. The van der Waals surface area contributed by atoms with Crippen molar-refractivity contribution in [2.45, 2.75) is 52.0 Å². The second-order valence-electron chi connectivity index (χ2n) is 7.10. The number of aryl methyl sites for hydroxylation is 1. The summed E-state index contributed by atoms with van der Waals surface area (Å²) in [6.45, 7) is 3.67. The third-order valence-corrected chi connectivity index (χ3v) is 4.96. The van der Waals surface area contributed by atoms with E-state index in [2.05, 4.69) is 22.9 Å². The minimum Gasteiger partial charge on any atom is -0.352 e. The summed E-state index contributed by atoms with van der Waals surface area (Å²) in [6, 6.07) is 13.8. The highest BCUT2D eigenvalue weighted by Gasteiger charge is 2.11. The number of carbonyl (C=O) groups is 1. The number of hydrogen-bond acceptors (Lipinski definition) is 2. The Bertz CT molecular complexity index is 902. The van der Waals surface area contributed by atoms with Crippen LogP contribution in [0.3, 0.4) is 0 Å². The van der Waals surface area contributed by atoms with Crippen molar-refractivity contribution in [1.82, 2.24) is 14.9 Å². The zero-order valence-corrected chi connectivity index (χ0v) is 16.5. The van der Waals surface area contributed by atoms with Gasteiger partial charge in [0.25, 0.3) is 5.91 Å². The molecule has 4 nitrogen and oxygen atoms in total. The highest BCUT2D eigenvalue weighted by molar-refractivity contribution is 5.94. The van der Waals surface area contributed by atoms with E-state index in [1.54, 1.807) is 0 Å². The molecule has 28 heavy (non-hydrogen) atoms. The number of halogens is 1. The van der Waals surface area contributed by atoms with Gasteiger partial charge in [0, 0.05) is 25.1 Å². The molecule has 0 atom stereocenters. The van der Waals surface area contributed by atoms with Gasteiger partial charge in [0.05, 0.1) is 11.0 Å². The number of hydrogen-bond donors (Lipinski definition) is 1. The van der Waals surface area contributed by atoms with E-state index in [0.717, 1.165) is 29.8 Å². The van der Waals surface area contributed by atoms with E-state index in [4.69, 9.17) is 4.98 Å². The molecule has 0 unspecified atom stereocenters. The number of carbonyl (C=O) groups excluding carboxylic acids is 1. The molecule has 1 N–H and O–H groups in total. The summed E-state index contributed by atoms with van der Waals surface area (Å²) in [5, 5.41) is 2.91.